The first kappa shape index (κ1) is 12.6. The van der Waals surface area contributed by atoms with E-state index in [9.17, 15) is 0 Å². The first-order valence-corrected chi connectivity index (χ1v) is 6.13. The summed E-state index contributed by atoms with van der Waals surface area (Å²) in [5.41, 5.74) is 4.42. The zero-order chi connectivity index (χ0) is 12.8. The van der Waals surface area contributed by atoms with E-state index >= 15 is 0 Å². The van der Waals surface area contributed by atoms with Crippen molar-refractivity contribution in [2.75, 3.05) is 11.9 Å². The van der Waals surface area contributed by atoms with Gasteiger partial charge in [-0.05, 0) is 42.7 Å². The number of hydrogen-bond donors (Lipinski definition) is 2. The molecule has 0 spiro atoms. The number of aliphatic hydroxyl groups excluding tert-OH is 1. The first-order chi connectivity index (χ1) is 8.78. The summed E-state index contributed by atoms with van der Waals surface area (Å²) < 4.78 is 0. The van der Waals surface area contributed by atoms with Crippen LogP contribution < -0.4 is 5.32 Å². The van der Waals surface area contributed by atoms with Gasteiger partial charge in [-0.1, -0.05) is 18.2 Å². The molecule has 18 heavy (non-hydrogen) atoms. The molecule has 0 saturated carbocycles. The van der Waals surface area contributed by atoms with Crippen LogP contribution in [0.4, 0.5) is 5.69 Å². The second-order valence-corrected chi connectivity index (χ2v) is 4.35. The molecule has 3 heteroatoms. The van der Waals surface area contributed by atoms with Crippen molar-refractivity contribution in [2.45, 2.75) is 19.9 Å². The molecule has 0 unspecified atom stereocenters. The zero-order valence-corrected chi connectivity index (χ0v) is 10.6. The predicted molar refractivity (Wildman–Crippen MR) is 73.5 cm³/mol. The minimum absolute atomic E-state index is 0.195. The van der Waals surface area contributed by atoms with Gasteiger partial charge in [-0.15, -0.1) is 0 Å². The van der Waals surface area contributed by atoms with Crippen LogP contribution in [0.2, 0.25) is 0 Å². The Morgan fingerprint density at radius 2 is 1.89 bits per heavy atom. The number of aryl methyl sites for hydroxylation is 1. The van der Waals surface area contributed by atoms with Crippen molar-refractivity contribution >= 4 is 5.69 Å². The number of aliphatic hydroxyl groups is 1. The Labute approximate surface area is 108 Å². The molecule has 0 amide bonds. The predicted octanol–water partition coefficient (Wildman–Crippen LogP) is 2.54. The molecule has 2 aromatic rings. The van der Waals surface area contributed by atoms with Crippen molar-refractivity contribution in [2.24, 2.45) is 0 Å². The lowest BCUT2D eigenvalue weighted by Gasteiger charge is -2.07. The number of benzene rings is 1. The minimum atomic E-state index is 0.195. The van der Waals surface area contributed by atoms with Gasteiger partial charge in [-0.2, -0.15) is 0 Å². The lowest BCUT2D eigenvalue weighted by atomic mass is 10.1. The summed E-state index contributed by atoms with van der Waals surface area (Å²) in [7, 11) is 0. The molecule has 0 atom stereocenters. The Bertz CT molecular complexity index is 477. The molecule has 2 N–H and O–H groups in total. The van der Waals surface area contributed by atoms with E-state index in [0.29, 0.717) is 6.42 Å². The van der Waals surface area contributed by atoms with Crippen LogP contribution in [-0.4, -0.2) is 16.7 Å². The molecule has 0 fully saturated rings. The van der Waals surface area contributed by atoms with Crippen LogP contribution in [0.15, 0.2) is 42.6 Å². The summed E-state index contributed by atoms with van der Waals surface area (Å²) in [5, 5.41) is 12.2. The van der Waals surface area contributed by atoms with Crippen LogP contribution >= 0.6 is 0 Å². The van der Waals surface area contributed by atoms with E-state index in [1.54, 1.807) is 0 Å². The molecule has 94 valence electrons. The Kier molecular flexibility index (Phi) is 4.31. The Morgan fingerprint density at radius 1 is 1.11 bits per heavy atom. The molecule has 2 rings (SSSR count). The van der Waals surface area contributed by atoms with Crippen LogP contribution in [0, 0.1) is 6.92 Å². The number of pyridine rings is 1. The minimum Gasteiger partial charge on any atom is -0.396 e. The molecule has 0 radical (unpaired) electrons. The fraction of sp³-hybridized carbons (Fsp3) is 0.267. The molecule has 0 aliphatic carbocycles. The molecule has 1 heterocycles. The first-order valence-electron chi connectivity index (χ1n) is 6.13. The van der Waals surface area contributed by atoms with E-state index in [4.69, 9.17) is 5.11 Å². The maximum absolute atomic E-state index is 8.84. The zero-order valence-electron chi connectivity index (χ0n) is 10.6. The molecule has 0 aliphatic rings. The topological polar surface area (TPSA) is 45.1 Å². The van der Waals surface area contributed by atoms with E-state index in [2.05, 4.69) is 16.4 Å². The molecule has 0 bridgehead atoms. The molecule has 1 aromatic heterocycles. The summed E-state index contributed by atoms with van der Waals surface area (Å²) in [5.74, 6) is 0. The summed E-state index contributed by atoms with van der Waals surface area (Å²) in [6.45, 7) is 2.95. The molecular weight excluding hydrogens is 224 g/mol. The number of nitrogens with one attached hydrogen (secondary N) is 1. The highest BCUT2D eigenvalue weighted by molar-refractivity contribution is 5.44. The lowest BCUT2D eigenvalue weighted by molar-refractivity contribution is 0.299. The Hall–Kier alpha value is -1.87. The SMILES string of the molecule is Cc1ccc(CNc2ccc(CCO)cc2)nc1. The van der Waals surface area contributed by atoms with Crippen LogP contribution in [0.5, 0.6) is 0 Å². The van der Waals surface area contributed by atoms with E-state index in [0.717, 1.165) is 23.5 Å². The summed E-state index contributed by atoms with van der Waals surface area (Å²) in [4.78, 5) is 4.34. The van der Waals surface area contributed by atoms with Crippen molar-refractivity contribution in [3.8, 4) is 0 Å². The highest BCUT2D eigenvalue weighted by Gasteiger charge is 1.96. The third-order valence-corrected chi connectivity index (χ3v) is 2.80. The normalized spacial score (nSPS) is 10.3. The van der Waals surface area contributed by atoms with Gasteiger partial charge in [-0.25, -0.2) is 0 Å². The van der Waals surface area contributed by atoms with Gasteiger partial charge in [0.2, 0.25) is 0 Å². The van der Waals surface area contributed by atoms with E-state index < -0.39 is 0 Å². The van der Waals surface area contributed by atoms with Gasteiger partial charge in [0, 0.05) is 18.5 Å². The summed E-state index contributed by atoms with van der Waals surface area (Å²) in [6, 6.07) is 12.2. The van der Waals surface area contributed by atoms with Gasteiger partial charge in [0.05, 0.1) is 12.2 Å². The molecule has 1 aromatic carbocycles. The Balaban J connectivity index is 1.91. The largest absolute Gasteiger partial charge is 0.396 e. The lowest BCUT2D eigenvalue weighted by Crippen LogP contribution is -2.01. The van der Waals surface area contributed by atoms with Gasteiger partial charge in [-0.3, -0.25) is 4.98 Å². The second kappa shape index (κ2) is 6.17. The van der Waals surface area contributed by atoms with E-state index in [1.165, 1.54) is 5.56 Å². The molecule has 0 saturated heterocycles. The van der Waals surface area contributed by atoms with Crippen molar-refractivity contribution in [3.63, 3.8) is 0 Å². The number of hydrogen-bond acceptors (Lipinski definition) is 3. The van der Waals surface area contributed by atoms with Crippen LogP contribution in [0.25, 0.3) is 0 Å². The van der Waals surface area contributed by atoms with Crippen LogP contribution in [0.3, 0.4) is 0 Å². The maximum Gasteiger partial charge on any atom is 0.0594 e. The van der Waals surface area contributed by atoms with Crippen molar-refractivity contribution in [1.29, 1.82) is 0 Å². The number of aromatic nitrogens is 1. The average Bonchev–Trinajstić information content (AvgIpc) is 2.40. The molecular formula is C15H18N2O. The van der Waals surface area contributed by atoms with Crippen LogP contribution in [0.1, 0.15) is 16.8 Å². The molecule has 0 aliphatic heterocycles. The highest BCUT2D eigenvalue weighted by atomic mass is 16.2. The average molecular weight is 242 g/mol. The van der Waals surface area contributed by atoms with Gasteiger partial charge in [0.25, 0.3) is 0 Å². The fourth-order valence-corrected chi connectivity index (χ4v) is 1.71. The van der Waals surface area contributed by atoms with E-state index in [-0.39, 0.29) is 6.61 Å². The highest BCUT2D eigenvalue weighted by Crippen LogP contribution is 2.11. The van der Waals surface area contributed by atoms with Gasteiger partial charge in [0.15, 0.2) is 0 Å². The van der Waals surface area contributed by atoms with E-state index in [1.807, 2.05) is 43.5 Å². The second-order valence-electron chi connectivity index (χ2n) is 4.35. The number of anilines is 1. The summed E-state index contributed by atoms with van der Waals surface area (Å²) in [6.07, 6.45) is 2.58. The maximum atomic E-state index is 8.84. The quantitative estimate of drug-likeness (QED) is 0.847. The van der Waals surface area contributed by atoms with Crippen LogP contribution in [-0.2, 0) is 13.0 Å². The fourth-order valence-electron chi connectivity index (χ4n) is 1.71. The smallest absolute Gasteiger partial charge is 0.0594 e. The summed E-state index contributed by atoms with van der Waals surface area (Å²) >= 11 is 0. The van der Waals surface area contributed by atoms with Gasteiger partial charge < -0.3 is 10.4 Å². The monoisotopic (exact) mass is 242 g/mol. The Morgan fingerprint density at radius 3 is 2.50 bits per heavy atom. The molecule has 3 nitrogen and oxygen atoms in total. The van der Waals surface area contributed by atoms with Gasteiger partial charge >= 0.3 is 0 Å². The standard InChI is InChI=1S/C15H18N2O/c1-12-2-5-15(16-10-12)11-17-14-6-3-13(4-7-14)8-9-18/h2-7,10,17-18H,8-9,11H2,1H3. The number of nitrogens with zero attached hydrogens (tertiary/aromatic N) is 1. The number of rotatable bonds is 5. The third-order valence-electron chi connectivity index (χ3n) is 2.80. The van der Waals surface area contributed by atoms with Gasteiger partial charge in [0.1, 0.15) is 0 Å². The third kappa shape index (κ3) is 3.57. The van der Waals surface area contributed by atoms with Crippen molar-refractivity contribution in [3.05, 3.63) is 59.4 Å². The van der Waals surface area contributed by atoms with Crippen molar-refractivity contribution < 1.29 is 5.11 Å². The van der Waals surface area contributed by atoms with Crippen molar-refractivity contribution in [1.82, 2.24) is 4.98 Å².